The molecule has 6 bridgehead atoms. The van der Waals surface area contributed by atoms with E-state index in [1.807, 2.05) is 0 Å². The molecule has 0 spiro atoms. The van der Waals surface area contributed by atoms with E-state index in [0.717, 1.165) is 0 Å². The zero-order valence-electron chi connectivity index (χ0n) is 43.9. The molecule has 0 radical (unpaired) electrons. The molecule has 2 unspecified atom stereocenters. The molecule has 0 aromatic heterocycles. The number of ether oxygens (including phenoxy) is 14. The summed E-state index contributed by atoms with van der Waals surface area (Å²) in [7, 11) is -23.2. The molecule has 0 aromatic rings. The second-order valence-electron chi connectivity index (χ2n) is 19.0. The molecule has 9 aliphatic heterocycles. The summed E-state index contributed by atoms with van der Waals surface area (Å²) in [5, 5.41) is 107. The monoisotopic (exact) mass is 1340 g/mol. The molecular weight excluding hydrogens is 1290 g/mol. The average molecular weight is 1350 g/mol. The Bertz CT molecular complexity index is 2610. The molecule has 40 nitrogen and oxygen atoms in total. The minimum atomic E-state index is -5.94. The Morgan fingerprint density at radius 3 is 1.08 bits per heavy atom. The van der Waals surface area contributed by atoms with Gasteiger partial charge in [-0.25, -0.2) is 33.7 Å². The first-order valence-corrected chi connectivity index (χ1v) is 28.9. The summed E-state index contributed by atoms with van der Waals surface area (Å²) in [5.41, 5.74) is 0. The van der Waals surface area contributed by atoms with Gasteiger partial charge in [0.05, 0.1) is 39.6 Å². The molecule has 9 rings (SSSR count). The van der Waals surface area contributed by atoms with Gasteiger partial charge < -0.3 is 136 Å². The van der Waals surface area contributed by atoms with Gasteiger partial charge in [0.15, 0.2) is 43.8 Å². The Morgan fingerprint density at radius 1 is 0.333 bits per heavy atom. The molecule has 464 valence electrons. The maximum Gasteiger partial charge on any atom is 1.00 e. The van der Waals surface area contributed by atoms with Crippen LogP contribution >= 0.6 is 0 Å². The smallest absolute Gasteiger partial charge is 0.726 e. The van der Waals surface area contributed by atoms with Gasteiger partial charge in [0, 0.05) is 0 Å². The summed E-state index contributed by atoms with van der Waals surface area (Å²) in [5.74, 6) is 0. The van der Waals surface area contributed by atoms with Crippen LogP contribution in [0.4, 0.5) is 0 Å². The van der Waals surface area contributed by atoms with Crippen molar-refractivity contribution in [3.05, 3.63) is 0 Å². The van der Waals surface area contributed by atoms with Gasteiger partial charge in [-0.15, -0.1) is 0 Å². The van der Waals surface area contributed by atoms with Crippen molar-refractivity contribution in [1.82, 2.24) is 0 Å². The first kappa shape index (κ1) is 77.2. The van der Waals surface area contributed by atoms with Gasteiger partial charge >= 0.3 is 118 Å². The van der Waals surface area contributed by atoms with Crippen molar-refractivity contribution < 1.29 is 304 Å². The molecular formula is C36H52Na4O40S4. The molecule has 9 fully saturated rings. The number of aliphatic hydroxyl groups excluding tert-OH is 10. The van der Waals surface area contributed by atoms with E-state index in [-0.39, 0.29) is 125 Å². The van der Waals surface area contributed by atoms with Crippen molar-refractivity contribution in [3.63, 3.8) is 0 Å². The van der Waals surface area contributed by atoms with Crippen LogP contribution in [-0.2, 0) is 125 Å². The fourth-order valence-electron chi connectivity index (χ4n) is 10.5. The van der Waals surface area contributed by atoms with Crippen molar-refractivity contribution in [1.29, 1.82) is 0 Å². The quantitative estimate of drug-likeness (QED) is 0.0290. The number of rotatable bonds is 21. The van der Waals surface area contributed by atoms with Gasteiger partial charge in [-0.2, -0.15) is 0 Å². The Labute approximate surface area is 563 Å². The minimum absolute atomic E-state index is 0. The van der Waals surface area contributed by atoms with Gasteiger partial charge in [0.25, 0.3) is 0 Å². The van der Waals surface area contributed by atoms with Gasteiger partial charge in [0.1, 0.15) is 140 Å². The van der Waals surface area contributed by atoms with E-state index in [1.54, 1.807) is 0 Å². The fourth-order valence-corrected chi connectivity index (χ4v) is 12.5. The van der Waals surface area contributed by atoms with E-state index < -0.39 is 259 Å². The van der Waals surface area contributed by atoms with Crippen LogP contribution in [0.2, 0.25) is 0 Å². The molecule has 0 aliphatic carbocycles. The Morgan fingerprint density at radius 2 is 0.643 bits per heavy atom. The van der Waals surface area contributed by atoms with E-state index in [2.05, 4.69) is 12.5 Å². The second kappa shape index (κ2) is 30.9. The molecule has 0 amide bonds. The first-order valence-electron chi connectivity index (χ1n) is 23.6. The predicted octanol–water partition coefficient (Wildman–Crippen LogP) is -25.0. The first-order chi connectivity index (χ1) is 37.4. The normalized spacial score (nSPS) is 46.7. The van der Waals surface area contributed by atoms with Crippen LogP contribution in [0.1, 0.15) is 0 Å². The van der Waals surface area contributed by atoms with Gasteiger partial charge in [-0.1, -0.05) is 0 Å². The van der Waals surface area contributed by atoms with Gasteiger partial charge in [0.2, 0.25) is 41.6 Å². The summed E-state index contributed by atoms with van der Waals surface area (Å²) in [6, 6.07) is 0. The predicted molar refractivity (Wildman–Crippen MR) is 223 cm³/mol. The third-order valence-corrected chi connectivity index (χ3v) is 15.8. The van der Waals surface area contributed by atoms with Gasteiger partial charge in [-0.05, 0) is 0 Å². The van der Waals surface area contributed by atoms with Crippen molar-refractivity contribution >= 4 is 41.6 Å². The van der Waals surface area contributed by atoms with E-state index >= 15 is 0 Å². The van der Waals surface area contributed by atoms with E-state index in [0.29, 0.717) is 0 Å². The second-order valence-corrected chi connectivity index (χ2v) is 23.1. The molecule has 48 heteroatoms. The van der Waals surface area contributed by atoms with Crippen LogP contribution in [0.5, 0.6) is 0 Å². The summed E-state index contributed by atoms with van der Waals surface area (Å²) in [4.78, 5) is 0. The van der Waals surface area contributed by atoms with Crippen LogP contribution in [0.25, 0.3) is 0 Å². The van der Waals surface area contributed by atoms with Crippen LogP contribution in [0.15, 0.2) is 0 Å². The summed E-state index contributed by atoms with van der Waals surface area (Å²) in [6.45, 7) is -5.10. The molecule has 30 atom stereocenters. The fraction of sp³-hybridized carbons (Fsp3) is 1.00. The van der Waals surface area contributed by atoms with E-state index in [1.165, 1.54) is 0 Å². The summed E-state index contributed by atoms with van der Waals surface area (Å²) < 4.78 is 240. The summed E-state index contributed by atoms with van der Waals surface area (Å²) in [6.07, 6.45) is -59.8. The Kier molecular flexibility index (Phi) is 28.4. The number of hydrogen-bond acceptors (Lipinski definition) is 40. The zero-order valence-corrected chi connectivity index (χ0v) is 55.2. The largest absolute Gasteiger partial charge is 1.00 e. The van der Waals surface area contributed by atoms with Crippen LogP contribution in [0.3, 0.4) is 0 Å². The minimum Gasteiger partial charge on any atom is -0.726 e. The van der Waals surface area contributed by atoms with Gasteiger partial charge in [-0.3, -0.25) is 16.7 Å². The third-order valence-electron chi connectivity index (χ3n) is 14.0. The Balaban J connectivity index is 0.00000323. The topological polar surface area (TPSA) is 597 Å². The van der Waals surface area contributed by atoms with E-state index in [4.69, 9.17) is 70.5 Å². The van der Waals surface area contributed by atoms with Crippen LogP contribution < -0.4 is 118 Å². The molecule has 0 saturated carbocycles. The zero-order chi connectivity index (χ0) is 58.3. The number of aliphatic hydroxyl groups is 10. The third kappa shape index (κ3) is 17.5. The molecule has 9 heterocycles. The van der Waals surface area contributed by atoms with Crippen LogP contribution in [-0.4, -0.2) is 327 Å². The van der Waals surface area contributed by atoms with E-state index in [9.17, 15) is 103 Å². The van der Waals surface area contributed by atoms with Crippen molar-refractivity contribution in [2.75, 3.05) is 39.6 Å². The standard InChI is InChI=1S/C36H56O40S4.4Na/c37-1-7-21(73-77(47,48)49)26(14(41)31(46)62-7)70-33-16(43)25-19(11(66-33)5-60-25)68-34-18(45)28(23(9(3-39)63-34)75-79(53,54)55)72-36-30(76-80(56,57)58)29-20(12(67-36)6-61-29)69-35-17(44)27(22(8(2-38)64-35)74-78(50,51)52)71-32-15(42)24-13(40)10(65-32)4-59-24;;;;/h7-46H,1-6H2,(H,47,48,49)(H,50,51,52)(H,53,54,55)(H,56,57,58);;;;/q;4*+1/p-4/t7-,8+,9-,10+,11-,12+,13-,14?,15+,16-,17-,18+,19+,20+,21+,22-,23+,24+,25+,26+,27-,28+,29+,30+,31?,32+,33-,34-,35-,36-;;;;/m1..../s1. The molecule has 10 N–H and O–H groups in total. The molecule has 84 heavy (non-hydrogen) atoms. The SMILES string of the molecule is O=S(=O)([O-])O[C@@H]1[C@@H](O[C@H]2[C@H](O)[C@@H](O[C@@H]3[C@H]4OC[C@H]3O[C@H](O[C@H]3C(O)C(O)O[C@H](CO)[C@@H]3OS(=O)(=O)[O-])[C@@H]4O)O[C@H](CO)[C@@H]2OS(=O)(=O)[O-])O[C@H]2CO[C@H]1[C@H]2O[C@H]1O[C@@H](CO)[C@@H](OS(=O)(=O)[O-])[C@H](O[C@@H]2O[C@H]3CO[C@H]([C@@H]2O)[C@@H]3O)[C@H]1O.[Na+].[Na+].[Na+].[Na+]. The Hall–Kier alpha value is 2.52. The van der Waals surface area contributed by atoms with Crippen molar-refractivity contribution in [3.8, 4) is 0 Å². The maximum absolute atomic E-state index is 12.3. The maximum atomic E-state index is 12.3. The number of fused-ring (bicyclic) bond motifs is 6. The van der Waals surface area contributed by atoms with Crippen molar-refractivity contribution in [2.24, 2.45) is 0 Å². The molecule has 0 aromatic carbocycles. The number of hydrogen-bond donors (Lipinski definition) is 10. The average Bonchev–Trinajstić information content (AvgIpc) is 2.51. The molecule has 9 saturated heterocycles. The van der Waals surface area contributed by atoms with Crippen LogP contribution in [0, 0.1) is 0 Å². The molecule has 9 aliphatic rings. The van der Waals surface area contributed by atoms with Crippen molar-refractivity contribution in [2.45, 2.75) is 184 Å². The summed E-state index contributed by atoms with van der Waals surface area (Å²) >= 11 is 0.